The van der Waals surface area contributed by atoms with Gasteiger partial charge >= 0.3 is 0 Å². The van der Waals surface area contributed by atoms with Crippen LogP contribution in [0.15, 0.2) is 72.8 Å². The number of hydrogen-bond acceptors (Lipinski definition) is 4. The molecule has 3 rings (SSSR count). The summed E-state index contributed by atoms with van der Waals surface area (Å²) in [6.45, 7) is 2.81. The van der Waals surface area contributed by atoms with Crippen LogP contribution in [0.4, 0.5) is 22.7 Å². The molecule has 0 unspecified atom stereocenters. The number of phenols is 1. The highest BCUT2D eigenvalue weighted by Gasteiger charge is 2.01. The number of phenolic OH excluding ortho intramolecular Hbond substituents is 1. The van der Waals surface area contributed by atoms with Crippen molar-refractivity contribution in [3.05, 3.63) is 72.8 Å². The Morgan fingerprint density at radius 3 is 2.24 bits per heavy atom. The Bertz CT molecular complexity index is 816. The van der Waals surface area contributed by atoms with Gasteiger partial charge in [-0.05, 0) is 55.0 Å². The van der Waals surface area contributed by atoms with E-state index >= 15 is 0 Å². The highest BCUT2D eigenvalue weighted by molar-refractivity contribution is 5.69. The van der Waals surface area contributed by atoms with Crippen molar-refractivity contribution < 1.29 is 9.84 Å². The molecule has 0 fully saturated rings. The number of anilines is 4. The Labute approximate surface area is 148 Å². The minimum Gasteiger partial charge on any atom is -0.506 e. The Morgan fingerprint density at radius 1 is 0.800 bits per heavy atom. The summed E-state index contributed by atoms with van der Waals surface area (Å²) in [5.74, 6) is 1.10. The molecule has 0 heterocycles. The number of benzene rings is 3. The van der Waals surface area contributed by atoms with E-state index in [0.717, 1.165) is 35.8 Å². The van der Waals surface area contributed by atoms with Crippen molar-refractivity contribution in [1.29, 1.82) is 0 Å². The van der Waals surface area contributed by atoms with Crippen LogP contribution in [0, 0.1) is 0 Å². The molecule has 0 aliphatic carbocycles. The second kappa shape index (κ2) is 8.11. The molecule has 0 radical (unpaired) electrons. The van der Waals surface area contributed by atoms with E-state index in [4.69, 9.17) is 4.74 Å². The number of ether oxygens (including phenoxy) is 1. The van der Waals surface area contributed by atoms with Crippen LogP contribution in [0.3, 0.4) is 0 Å². The van der Waals surface area contributed by atoms with Gasteiger partial charge in [0.1, 0.15) is 11.5 Å². The van der Waals surface area contributed by atoms with Crippen LogP contribution < -0.4 is 15.4 Å². The van der Waals surface area contributed by atoms with Crippen molar-refractivity contribution >= 4 is 22.7 Å². The zero-order valence-corrected chi connectivity index (χ0v) is 14.2. The summed E-state index contributed by atoms with van der Waals surface area (Å²) in [5, 5.41) is 16.4. The van der Waals surface area contributed by atoms with Crippen LogP contribution in [0.1, 0.15) is 13.3 Å². The first-order valence-electron chi connectivity index (χ1n) is 8.39. The van der Waals surface area contributed by atoms with Crippen molar-refractivity contribution in [2.75, 3.05) is 17.2 Å². The van der Waals surface area contributed by atoms with E-state index in [1.54, 1.807) is 12.1 Å². The molecule has 4 nitrogen and oxygen atoms in total. The van der Waals surface area contributed by atoms with E-state index in [1.807, 2.05) is 60.7 Å². The maximum Gasteiger partial charge on any atom is 0.139 e. The molecule has 0 bridgehead atoms. The summed E-state index contributed by atoms with van der Waals surface area (Å²) in [6.07, 6.45) is 0.989. The molecule has 0 aliphatic heterocycles. The molecular weight excluding hydrogens is 312 g/mol. The lowest BCUT2D eigenvalue weighted by Gasteiger charge is -2.11. The van der Waals surface area contributed by atoms with Gasteiger partial charge in [0.15, 0.2) is 0 Å². The van der Waals surface area contributed by atoms with E-state index in [1.165, 1.54) is 0 Å². The Balaban J connectivity index is 1.66. The molecule has 25 heavy (non-hydrogen) atoms. The zero-order chi connectivity index (χ0) is 17.5. The molecule has 4 heteroatoms. The molecule has 0 saturated heterocycles. The molecule has 0 aliphatic rings. The van der Waals surface area contributed by atoms with Crippen molar-refractivity contribution in [1.82, 2.24) is 0 Å². The normalized spacial score (nSPS) is 10.3. The van der Waals surface area contributed by atoms with Gasteiger partial charge in [0.2, 0.25) is 0 Å². The lowest BCUT2D eigenvalue weighted by molar-refractivity contribution is 0.317. The summed E-state index contributed by atoms with van der Waals surface area (Å²) in [5.41, 5.74) is 3.56. The molecule has 3 aromatic carbocycles. The fraction of sp³-hybridized carbons (Fsp3) is 0.143. The molecule has 128 valence electrons. The third-order valence-corrected chi connectivity index (χ3v) is 3.66. The van der Waals surface area contributed by atoms with Crippen LogP contribution in [-0.2, 0) is 0 Å². The number of nitrogens with one attached hydrogen (secondary N) is 2. The van der Waals surface area contributed by atoms with Crippen LogP contribution >= 0.6 is 0 Å². The molecule has 0 aromatic heterocycles. The number of aromatic hydroxyl groups is 1. The quantitative estimate of drug-likeness (QED) is 0.487. The summed E-state index contributed by atoms with van der Waals surface area (Å²) in [7, 11) is 0. The predicted octanol–water partition coefficient (Wildman–Crippen LogP) is 5.67. The fourth-order valence-electron chi connectivity index (χ4n) is 2.42. The lowest BCUT2D eigenvalue weighted by atomic mass is 10.2. The van der Waals surface area contributed by atoms with Gasteiger partial charge in [-0.15, -0.1) is 0 Å². The topological polar surface area (TPSA) is 53.5 Å². The van der Waals surface area contributed by atoms with Crippen molar-refractivity contribution in [3.8, 4) is 11.5 Å². The van der Waals surface area contributed by atoms with Crippen LogP contribution in [0.25, 0.3) is 0 Å². The molecule has 3 N–H and O–H groups in total. The largest absolute Gasteiger partial charge is 0.506 e. The van der Waals surface area contributed by atoms with E-state index < -0.39 is 0 Å². The van der Waals surface area contributed by atoms with Crippen molar-refractivity contribution in [2.24, 2.45) is 0 Å². The maximum absolute atomic E-state index is 9.82. The third kappa shape index (κ3) is 4.67. The second-order valence-corrected chi connectivity index (χ2v) is 5.72. The van der Waals surface area contributed by atoms with Gasteiger partial charge in [-0.3, -0.25) is 0 Å². The third-order valence-electron chi connectivity index (χ3n) is 3.66. The van der Waals surface area contributed by atoms with Gasteiger partial charge in [0.25, 0.3) is 0 Å². The summed E-state index contributed by atoms with van der Waals surface area (Å²) >= 11 is 0. The molecule has 0 amide bonds. The second-order valence-electron chi connectivity index (χ2n) is 5.72. The zero-order valence-electron chi connectivity index (χ0n) is 14.2. The summed E-state index contributed by atoms with van der Waals surface area (Å²) in [6, 6.07) is 23.0. The summed E-state index contributed by atoms with van der Waals surface area (Å²) < 4.78 is 5.66. The monoisotopic (exact) mass is 334 g/mol. The molecular formula is C21H22N2O2. The Morgan fingerprint density at radius 2 is 1.52 bits per heavy atom. The van der Waals surface area contributed by atoms with E-state index in [-0.39, 0.29) is 5.75 Å². The highest BCUT2D eigenvalue weighted by Crippen LogP contribution is 2.27. The number of para-hydroxylation sites is 2. The average molecular weight is 334 g/mol. The van der Waals surface area contributed by atoms with Gasteiger partial charge in [-0.2, -0.15) is 0 Å². The molecule has 0 saturated carbocycles. The first kappa shape index (κ1) is 16.7. The smallest absolute Gasteiger partial charge is 0.139 e. The van der Waals surface area contributed by atoms with E-state index in [9.17, 15) is 5.11 Å². The van der Waals surface area contributed by atoms with Crippen LogP contribution in [-0.4, -0.2) is 11.7 Å². The molecule has 3 aromatic rings. The minimum absolute atomic E-state index is 0.230. The summed E-state index contributed by atoms with van der Waals surface area (Å²) in [4.78, 5) is 0. The lowest BCUT2D eigenvalue weighted by Crippen LogP contribution is -1.96. The SMILES string of the molecule is CCCOc1cccc(Nc2ccc(Nc3ccccc3O)cc2)c1. The van der Waals surface area contributed by atoms with Gasteiger partial charge < -0.3 is 20.5 Å². The molecule has 0 atom stereocenters. The average Bonchev–Trinajstić information content (AvgIpc) is 2.64. The van der Waals surface area contributed by atoms with Crippen molar-refractivity contribution in [2.45, 2.75) is 13.3 Å². The highest BCUT2D eigenvalue weighted by atomic mass is 16.5. The molecule has 0 spiro atoms. The first-order valence-corrected chi connectivity index (χ1v) is 8.39. The van der Waals surface area contributed by atoms with Gasteiger partial charge in [0.05, 0.1) is 12.3 Å². The van der Waals surface area contributed by atoms with Gasteiger partial charge in [-0.1, -0.05) is 25.1 Å². The van der Waals surface area contributed by atoms with Crippen molar-refractivity contribution in [3.63, 3.8) is 0 Å². The first-order chi connectivity index (χ1) is 12.2. The Kier molecular flexibility index (Phi) is 5.42. The van der Waals surface area contributed by atoms with E-state index in [0.29, 0.717) is 5.69 Å². The Hall–Kier alpha value is -3.14. The van der Waals surface area contributed by atoms with Crippen LogP contribution in [0.2, 0.25) is 0 Å². The number of rotatable bonds is 7. The fourth-order valence-corrected chi connectivity index (χ4v) is 2.42. The number of hydrogen-bond donors (Lipinski definition) is 3. The standard InChI is InChI=1S/C21H22N2O2/c1-2-14-25-19-7-5-6-18(15-19)22-16-10-12-17(13-11-16)23-20-8-3-4-9-21(20)24/h3-13,15,22-24H,2,14H2,1H3. The predicted molar refractivity (Wildman–Crippen MR) is 103 cm³/mol. The van der Waals surface area contributed by atoms with Gasteiger partial charge in [-0.25, -0.2) is 0 Å². The van der Waals surface area contributed by atoms with Gasteiger partial charge in [0, 0.05) is 23.1 Å². The maximum atomic E-state index is 9.82. The minimum atomic E-state index is 0.230. The van der Waals surface area contributed by atoms with Crippen LogP contribution in [0.5, 0.6) is 11.5 Å². The van der Waals surface area contributed by atoms with E-state index in [2.05, 4.69) is 17.6 Å².